The predicted molar refractivity (Wildman–Crippen MR) is 103 cm³/mol. The number of carbonyl (C=O) groups excluding carboxylic acids is 1. The van der Waals surface area contributed by atoms with Crippen molar-refractivity contribution < 1.29 is 4.79 Å². The fourth-order valence-electron chi connectivity index (χ4n) is 3.68. The van der Waals surface area contributed by atoms with E-state index in [0.717, 1.165) is 29.4 Å². The van der Waals surface area contributed by atoms with Gasteiger partial charge in [0, 0.05) is 29.8 Å². The number of rotatable bonds is 6. The molecule has 2 unspecified atom stereocenters. The number of hydrazine groups is 1. The predicted octanol–water partition coefficient (Wildman–Crippen LogP) is 3.22. The number of amides is 1. The summed E-state index contributed by atoms with van der Waals surface area (Å²) in [6, 6.07) is 14.7. The molecule has 0 radical (unpaired) electrons. The minimum atomic E-state index is -0.0668. The summed E-state index contributed by atoms with van der Waals surface area (Å²) in [7, 11) is 0. The molecule has 2 aromatic carbocycles. The summed E-state index contributed by atoms with van der Waals surface area (Å²) in [4.78, 5) is 12.5. The Morgan fingerprint density at radius 2 is 1.96 bits per heavy atom. The van der Waals surface area contributed by atoms with Crippen molar-refractivity contribution in [2.24, 2.45) is 5.92 Å². The van der Waals surface area contributed by atoms with Gasteiger partial charge in [-0.3, -0.25) is 4.79 Å². The third-order valence-corrected chi connectivity index (χ3v) is 5.62. The second-order valence-electron chi connectivity index (χ2n) is 7.73. The van der Waals surface area contributed by atoms with E-state index in [2.05, 4.69) is 33.6 Å². The molecule has 5 rings (SSSR count). The molecule has 2 saturated carbocycles. The van der Waals surface area contributed by atoms with Crippen LogP contribution in [0.3, 0.4) is 0 Å². The Labute approximate surface area is 153 Å². The molecule has 26 heavy (non-hydrogen) atoms. The summed E-state index contributed by atoms with van der Waals surface area (Å²) >= 11 is 0. The van der Waals surface area contributed by atoms with Crippen molar-refractivity contribution in [3.8, 4) is 0 Å². The standard InChI is InChI=1S/C21H24N4O/c26-21(15-5-8-19-16(9-15)12-23-25-19)24-17-6-3-14(4-7-17)18-10-20(18)22-11-13-1-2-13/h3-9,13,18,20,22-23,25H,1-2,10-12H2,(H,24,26). The minimum Gasteiger partial charge on any atom is -0.322 e. The van der Waals surface area contributed by atoms with Crippen molar-refractivity contribution >= 4 is 17.3 Å². The van der Waals surface area contributed by atoms with Gasteiger partial charge in [-0.2, -0.15) is 0 Å². The summed E-state index contributed by atoms with van der Waals surface area (Å²) in [6.07, 6.45) is 4.03. The summed E-state index contributed by atoms with van der Waals surface area (Å²) in [5.41, 5.74) is 11.2. The third-order valence-electron chi connectivity index (χ3n) is 5.62. The SMILES string of the molecule is O=C(Nc1ccc(C2CC2NCC2CC2)cc1)c1ccc2c(c1)CNN2. The smallest absolute Gasteiger partial charge is 0.255 e. The fraction of sp³-hybridized carbons (Fsp3) is 0.381. The molecule has 0 spiro atoms. The summed E-state index contributed by atoms with van der Waals surface area (Å²) in [6.45, 7) is 1.92. The van der Waals surface area contributed by atoms with Gasteiger partial charge in [-0.15, -0.1) is 0 Å². The molecule has 1 aliphatic heterocycles. The van der Waals surface area contributed by atoms with Crippen LogP contribution in [-0.2, 0) is 6.54 Å². The Morgan fingerprint density at radius 3 is 2.77 bits per heavy atom. The van der Waals surface area contributed by atoms with E-state index in [1.54, 1.807) is 0 Å². The van der Waals surface area contributed by atoms with E-state index < -0.39 is 0 Å². The van der Waals surface area contributed by atoms with E-state index in [1.807, 2.05) is 30.3 Å². The number of hydrogen-bond acceptors (Lipinski definition) is 4. The van der Waals surface area contributed by atoms with Gasteiger partial charge in [0.15, 0.2) is 0 Å². The van der Waals surface area contributed by atoms with Crippen LogP contribution in [0.25, 0.3) is 0 Å². The van der Waals surface area contributed by atoms with Crippen molar-refractivity contribution in [2.45, 2.75) is 37.8 Å². The Morgan fingerprint density at radius 1 is 1.12 bits per heavy atom. The monoisotopic (exact) mass is 348 g/mol. The highest BCUT2D eigenvalue weighted by molar-refractivity contribution is 6.04. The number of carbonyl (C=O) groups is 1. The van der Waals surface area contributed by atoms with Crippen molar-refractivity contribution in [2.75, 3.05) is 17.3 Å². The molecule has 134 valence electrons. The number of nitrogens with one attached hydrogen (secondary N) is 4. The molecule has 2 atom stereocenters. The Kier molecular flexibility index (Phi) is 3.91. The zero-order valence-corrected chi connectivity index (χ0v) is 14.7. The van der Waals surface area contributed by atoms with Crippen LogP contribution in [0.1, 0.15) is 46.7 Å². The number of benzene rings is 2. The van der Waals surface area contributed by atoms with Gasteiger partial charge in [-0.05, 0) is 73.2 Å². The first-order valence-electron chi connectivity index (χ1n) is 9.53. The molecule has 5 heteroatoms. The molecule has 2 aromatic rings. The third kappa shape index (κ3) is 3.32. The van der Waals surface area contributed by atoms with Gasteiger partial charge < -0.3 is 16.1 Å². The lowest BCUT2D eigenvalue weighted by molar-refractivity contribution is 0.102. The molecular weight excluding hydrogens is 324 g/mol. The van der Waals surface area contributed by atoms with E-state index >= 15 is 0 Å². The van der Waals surface area contributed by atoms with Gasteiger partial charge in [-0.1, -0.05) is 12.1 Å². The molecule has 1 amide bonds. The van der Waals surface area contributed by atoms with E-state index in [-0.39, 0.29) is 5.91 Å². The average Bonchev–Trinajstić information content (AvgIpc) is 3.57. The maximum absolute atomic E-state index is 12.5. The summed E-state index contributed by atoms with van der Waals surface area (Å²) in [5, 5.41) is 6.68. The summed E-state index contributed by atoms with van der Waals surface area (Å²) in [5.74, 6) is 1.50. The fourth-order valence-corrected chi connectivity index (χ4v) is 3.68. The van der Waals surface area contributed by atoms with E-state index in [4.69, 9.17) is 0 Å². The van der Waals surface area contributed by atoms with Crippen molar-refractivity contribution in [1.82, 2.24) is 10.7 Å². The molecule has 5 nitrogen and oxygen atoms in total. The van der Waals surface area contributed by atoms with Gasteiger partial charge in [-0.25, -0.2) is 5.43 Å². The van der Waals surface area contributed by atoms with Crippen LogP contribution < -0.4 is 21.5 Å². The van der Waals surface area contributed by atoms with Crippen LogP contribution in [0.2, 0.25) is 0 Å². The second kappa shape index (κ2) is 6.41. The molecule has 0 bridgehead atoms. The van der Waals surface area contributed by atoms with Crippen LogP contribution >= 0.6 is 0 Å². The first-order chi connectivity index (χ1) is 12.8. The van der Waals surface area contributed by atoms with Gasteiger partial charge >= 0.3 is 0 Å². The molecule has 2 fully saturated rings. The second-order valence-corrected chi connectivity index (χ2v) is 7.73. The van der Waals surface area contributed by atoms with Gasteiger partial charge in [0.2, 0.25) is 0 Å². The Bertz CT molecular complexity index is 828. The molecule has 4 N–H and O–H groups in total. The van der Waals surface area contributed by atoms with E-state index in [0.29, 0.717) is 17.5 Å². The normalized spacial score (nSPS) is 23.2. The highest BCUT2D eigenvalue weighted by Gasteiger charge is 2.38. The van der Waals surface area contributed by atoms with Crippen molar-refractivity contribution in [3.63, 3.8) is 0 Å². The molecule has 2 aliphatic carbocycles. The molecule has 0 aromatic heterocycles. The topological polar surface area (TPSA) is 65.2 Å². The van der Waals surface area contributed by atoms with Gasteiger partial charge in [0.05, 0.1) is 5.69 Å². The van der Waals surface area contributed by atoms with Crippen molar-refractivity contribution in [1.29, 1.82) is 0 Å². The van der Waals surface area contributed by atoms with Gasteiger partial charge in [0.25, 0.3) is 5.91 Å². The highest BCUT2D eigenvalue weighted by atomic mass is 16.1. The lowest BCUT2D eigenvalue weighted by Gasteiger charge is -2.08. The first kappa shape index (κ1) is 15.9. The lowest BCUT2D eigenvalue weighted by Crippen LogP contribution is -2.20. The minimum absolute atomic E-state index is 0.0668. The van der Waals surface area contributed by atoms with E-state index in [1.165, 1.54) is 31.4 Å². The molecule has 1 heterocycles. The average molecular weight is 348 g/mol. The number of fused-ring (bicyclic) bond motifs is 1. The van der Waals surface area contributed by atoms with Crippen molar-refractivity contribution in [3.05, 3.63) is 59.2 Å². The summed E-state index contributed by atoms with van der Waals surface area (Å²) < 4.78 is 0. The maximum atomic E-state index is 12.5. The quantitative estimate of drug-likeness (QED) is 0.647. The van der Waals surface area contributed by atoms with Crippen LogP contribution in [-0.4, -0.2) is 18.5 Å². The number of anilines is 2. The van der Waals surface area contributed by atoms with Crippen LogP contribution in [0.15, 0.2) is 42.5 Å². The first-order valence-corrected chi connectivity index (χ1v) is 9.53. The van der Waals surface area contributed by atoms with Crippen LogP contribution in [0, 0.1) is 5.92 Å². The highest BCUT2D eigenvalue weighted by Crippen LogP contribution is 2.41. The zero-order chi connectivity index (χ0) is 17.5. The Balaban J connectivity index is 1.19. The molecular formula is C21H24N4O. The number of hydrogen-bond donors (Lipinski definition) is 4. The van der Waals surface area contributed by atoms with Gasteiger partial charge in [0.1, 0.15) is 0 Å². The molecule has 0 saturated heterocycles. The molecule has 3 aliphatic rings. The zero-order valence-electron chi connectivity index (χ0n) is 14.7. The van der Waals surface area contributed by atoms with Crippen LogP contribution in [0.4, 0.5) is 11.4 Å². The maximum Gasteiger partial charge on any atom is 0.255 e. The van der Waals surface area contributed by atoms with E-state index in [9.17, 15) is 4.79 Å². The largest absolute Gasteiger partial charge is 0.322 e. The Hall–Kier alpha value is -2.37. The van der Waals surface area contributed by atoms with Crippen LogP contribution in [0.5, 0.6) is 0 Å². The lowest BCUT2D eigenvalue weighted by atomic mass is 10.1.